The second-order valence-corrected chi connectivity index (χ2v) is 6.98. The fraction of sp³-hybridized carbons (Fsp3) is 0.235. The lowest BCUT2D eigenvalue weighted by atomic mass is 9.78. The van der Waals surface area contributed by atoms with Crippen LogP contribution in [-0.2, 0) is 14.3 Å². The van der Waals surface area contributed by atoms with Crippen LogP contribution in [0.1, 0.15) is 11.1 Å². The minimum Gasteiger partial charge on any atom is -0.468 e. The highest BCUT2D eigenvalue weighted by Gasteiger charge is 2.89. The summed E-state index contributed by atoms with van der Waals surface area (Å²) in [5.41, 5.74) is 0.660. The molecule has 0 saturated carbocycles. The number of esters is 1. The lowest BCUT2D eigenvalue weighted by molar-refractivity contribution is -0.182. The summed E-state index contributed by atoms with van der Waals surface area (Å²) < 4.78 is 48.0. The Morgan fingerprint density at radius 2 is 1.54 bits per heavy atom. The summed E-state index contributed by atoms with van der Waals surface area (Å²) in [5, 5.41) is 0. The molecule has 2 heterocycles. The molecule has 2 aliphatic rings. The molecule has 1 atom stereocenters. The number of alkyl halides is 3. The molecule has 3 nitrogen and oxygen atoms in total. The maximum atomic E-state index is 14.0. The number of thioether (sulfide) groups is 1. The van der Waals surface area contributed by atoms with E-state index >= 15 is 0 Å². The zero-order valence-electron chi connectivity index (χ0n) is 12.4. The second-order valence-electron chi connectivity index (χ2n) is 5.55. The van der Waals surface area contributed by atoms with Crippen LogP contribution in [0.25, 0.3) is 0 Å². The predicted octanol–water partition coefficient (Wildman–Crippen LogP) is 4.26. The first-order valence-electron chi connectivity index (χ1n) is 7.10. The molecular formula is C17H11F3O3S. The van der Waals surface area contributed by atoms with Crippen LogP contribution < -0.4 is 4.74 Å². The van der Waals surface area contributed by atoms with Crippen LogP contribution in [-0.4, -0.2) is 24.0 Å². The predicted molar refractivity (Wildman–Crippen MR) is 82.1 cm³/mol. The third kappa shape index (κ3) is 1.63. The monoisotopic (exact) mass is 352 g/mol. The number of rotatable bonds is 1. The molecule has 24 heavy (non-hydrogen) atoms. The van der Waals surface area contributed by atoms with Crippen LogP contribution in [0.2, 0.25) is 0 Å². The molecule has 0 aliphatic carbocycles. The number of benzene rings is 2. The number of fused-ring (bicyclic) bond motifs is 4. The molecule has 0 bridgehead atoms. The molecule has 0 aromatic heterocycles. The number of hydrogen-bond donors (Lipinski definition) is 0. The van der Waals surface area contributed by atoms with Gasteiger partial charge in [0.2, 0.25) is 4.75 Å². The van der Waals surface area contributed by atoms with Gasteiger partial charge in [-0.3, -0.25) is 4.79 Å². The SMILES string of the molecule is COC(=O)[C@]1(C(F)(F)F)SC12c1ccccc1Oc1ccccc12. The summed E-state index contributed by atoms with van der Waals surface area (Å²) >= 11 is 0.553. The van der Waals surface area contributed by atoms with E-state index in [1.807, 2.05) is 0 Å². The van der Waals surface area contributed by atoms with Gasteiger partial charge in [-0.15, -0.1) is 11.8 Å². The Labute approximate surface area is 139 Å². The average molecular weight is 352 g/mol. The summed E-state index contributed by atoms with van der Waals surface area (Å²) in [4.78, 5) is 12.2. The van der Waals surface area contributed by atoms with E-state index in [-0.39, 0.29) is 0 Å². The number of carbonyl (C=O) groups excluding carboxylic acids is 1. The molecular weight excluding hydrogens is 341 g/mol. The third-order valence-corrected chi connectivity index (χ3v) is 6.24. The Bertz CT molecular complexity index is 803. The molecule has 1 spiro atoms. The van der Waals surface area contributed by atoms with Gasteiger partial charge in [0.25, 0.3) is 0 Å². The van der Waals surface area contributed by atoms with Gasteiger partial charge in [-0.1, -0.05) is 36.4 Å². The normalized spacial score (nSPS) is 23.0. The maximum Gasteiger partial charge on any atom is 0.415 e. The molecule has 1 fully saturated rings. The minimum absolute atomic E-state index is 0.318. The van der Waals surface area contributed by atoms with Gasteiger partial charge >= 0.3 is 12.1 Å². The van der Waals surface area contributed by atoms with Gasteiger partial charge in [-0.05, 0) is 12.1 Å². The Kier molecular flexibility index (Phi) is 3.01. The summed E-state index contributed by atoms with van der Waals surface area (Å²) in [5.74, 6) is -0.663. The molecule has 2 aromatic rings. The molecule has 4 rings (SSSR count). The highest BCUT2D eigenvalue weighted by Crippen LogP contribution is 2.81. The number of halogens is 3. The Balaban J connectivity index is 2.04. The Hall–Kier alpha value is -2.15. The zero-order valence-corrected chi connectivity index (χ0v) is 13.2. The van der Waals surface area contributed by atoms with Gasteiger partial charge in [0.15, 0.2) is 0 Å². The van der Waals surface area contributed by atoms with Crippen molar-refractivity contribution in [1.82, 2.24) is 0 Å². The maximum absolute atomic E-state index is 14.0. The molecule has 0 N–H and O–H groups in total. The Morgan fingerprint density at radius 1 is 1.04 bits per heavy atom. The van der Waals surface area contributed by atoms with Gasteiger partial charge < -0.3 is 9.47 Å². The van der Waals surface area contributed by atoms with Gasteiger partial charge in [0.05, 0.1) is 7.11 Å². The van der Waals surface area contributed by atoms with E-state index in [0.29, 0.717) is 34.4 Å². The number of carbonyl (C=O) groups is 1. The first-order chi connectivity index (χ1) is 11.4. The lowest BCUT2D eigenvalue weighted by Gasteiger charge is -2.31. The van der Waals surface area contributed by atoms with E-state index in [2.05, 4.69) is 4.74 Å². The quantitative estimate of drug-likeness (QED) is 0.568. The van der Waals surface area contributed by atoms with Gasteiger partial charge in [0, 0.05) is 11.1 Å². The first kappa shape index (κ1) is 15.4. The summed E-state index contributed by atoms with van der Waals surface area (Å²) in [6.45, 7) is 0. The van der Waals surface area contributed by atoms with Gasteiger partial charge in [0.1, 0.15) is 16.2 Å². The van der Waals surface area contributed by atoms with E-state index in [9.17, 15) is 18.0 Å². The van der Waals surface area contributed by atoms with E-state index < -0.39 is 21.6 Å². The fourth-order valence-corrected chi connectivity index (χ4v) is 5.02. The molecule has 124 valence electrons. The fourth-order valence-electron chi connectivity index (χ4n) is 3.35. The molecule has 0 radical (unpaired) electrons. The van der Waals surface area contributed by atoms with Crippen molar-refractivity contribution in [3.05, 3.63) is 59.7 Å². The van der Waals surface area contributed by atoms with Gasteiger partial charge in [-0.25, -0.2) is 0 Å². The van der Waals surface area contributed by atoms with Crippen molar-refractivity contribution in [2.24, 2.45) is 0 Å². The van der Waals surface area contributed by atoms with Crippen LogP contribution in [0.15, 0.2) is 48.5 Å². The van der Waals surface area contributed by atoms with Crippen LogP contribution in [0, 0.1) is 0 Å². The van der Waals surface area contributed by atoms with Gasteiger partial charge in [-0.2, -0.15) is 13.2 Å². The smallest absolute Gasteiger partial charge is 0.415 e. The van der Waals surface area contributed by atoms with E-state index in [4.69, 9.17) is 4.74 Å². The number of para-hydroxylation sites is 2. The lowest BCUT2D eigenvalue weighted by Crippen LogP contribution is -2.47. The largest absolute Gasteiger partial charge is 0.468 e. The Morgan fingerprint density at radius 3 is 2.00 bits per heavy atom. The van der Waals surface area contributed by atoms with Crippen molar-refractivity contribution in [1.29, 1.82) is 0 Å². The van der Waals surface area contributed by atoms with Crippen molar-refractivity contribution in [2.75, 3.05) is 7.11 Å². The van der Waals surface area contributed by atoms with Crippen LogP contribution in [0.5, 0.6) is 11.5 Å². The van der Waals surface area contributed by atoms with Crippen molar-refractivity contribution in [3.8, 4) is 11.5 Å². The molecule has 0 amide bonds. The number of hydrogen-bond acceptors (Lipinski definition) is 4. The van der Waals surface area contributed by atoms with Crippen molar-refractivity contribution in [3.63, 3.8) is 0 Å². The molecule has 0 unspecified atom stereocenters. The molecule has 2 aromatic carbocycles. The van der Waals surface area contributed by atoms with Crippen LogP contribution >= 0.6 is 11.8 Å². The summed E-state index contributed by atoms with van der Waals surface area (Å²) in [6, 6.07) is 13.0. The standard InChI is InChI=1S/C17H11F3O3S/c1-22-14(21)16(17(18,19)20)15(24-16)10-6-2-4-8-12(10)23-13-9-5-3-7-11(13)15/h2-9H,1H3/t16-/m0/s1. The molecule has 7 heteroatoms. The highest BCUT2D eigenvalue weighted by molar-refractivity contribution is 8.10. The average Bonchev–Trinajstić information content (AvgIpc) is 3.27. The third-order valence-electron chi connectivity index (χ3n) is 4.38. The first-order valence-corrected chi connectivity index (χ1v) is 7.92. The molecule has 1 saturated heterocycles. The topological polar surface area (TPSA) is 35.5 Å². The minimum atomic E-state index is -4.78. The van der Waals surface area contributed by atoms with Crippen molar-refractivity contribution < 1.29 is 27.4 Å². The number of ether oxygens (including phenoxy) is 2. The summed E-state index contributed by atoms with van der Waals surface area (Å²) in [7, 11) is 0.972. The zero-order chi connectivity index (χ0) is 17.2. The summed E-state index contributed by atoms with van der Waals surface area (Å²) in [6.07, 6.45) is -4.78. The van der Waals surface area contributed by atoms with Crippen molar-refractivity contribution in [2.45, 2.75) is 15.7 Å². The number of methoxy groups -OCH3 is 1. The highest BCUT2D eigenvalue weighted by atomic mass is 32.2. The van der Waals surface area contributed by atoms with Crippen LogP contribution in [0.3, 0.4) is 0 Å². The second kappa shape index (κ2) is 4.69. The van der Waals surface area contributed by atoms with E-state index in [0.717, 1.165) is 7.11 Å². The van der Waals surface area contributed by atoms with Crippen LogP contribution in [0.4, 0.5) is 13.2 Å². The van der Waals surface area contributed by atoms with Crippen molar-refractivity contribution >= 4 is 17.7 Å². The molecule has 2 aliphatic heterocycles. The van der Waals surface area contributed by atoms with E-state index in [1.54, 1.807) is 48.5 Å². The van der Waals surface area contributed by atoms with E-state index in [1.165, 1.54) is 0 Å².